The number of methoxy groups -OCH3 is 1. The molecular weight excluding hydrogens is 490 g/mol. The van der Waals surface area contributed by atoms with Crippen LogP contribution in [0.25, 0.3) is 0 Å². The number of hydrogen-bond donors (Lipinski definition) is 1. The summed E-state index contributed by atoms with van der Waals surface area (Å²) in [6.45, 7) is 7.20. The first-order chi connectivity index (χ1) is 17.8. The van der Waals surface area contributed by atoms with Gasteiger partial charge in [-0.25, -0.2) is 8.42 Å². The lowest BCUT2D eigenvalue weighted by molar-refractivity contribution is -0.120. The molecule has 1 unspecified atom stereocenters. The van der Waals surface area contributed by atoms with Gasteiger partial charge in [-0.15, -0.1) is 0 Å². The zero-order valence-electron chi connectivity index (χ0n) is 22.2. The molecule has 0 aliphatic carbocycles. The van der Waals surface area contributed by atoms with Crippen molar-refractivity contribution >= 4 is 21.6 Å². The molecular formula is C28H39N3O5S. The van der Waals surface area contributed by atoms with Crippen LogP contribution in [0.2, 0.25) is 0 Å². The van der Waals surface area contributed by atoms with E-state index in [4.69, 9.17) is 9.47 Å². The quantitative estimate of drug-likeness (QED) is 0.499. The van der Waals surface area contributed by atoms with Gasteiger partial charge >= 0.3 is 0 Å². The number of aryl methyl sites for hydroxylation is 2. The van der Waals surface area contributed by atoms with Crippen molar-refractivity contribution in [3.8, 4) is 5.75 Å². The number of rotatable bonds is 10. The largest absolute Gasteiger partial charge is 0.497 e. The second-order valence-electron chi connectivity index (χ2n) is 10.1. The van der Waals surface area contributed by atoms with Gasteiger partial charge in [0.05, 0.1) is 18.6 Å². The average Bonchev–Trinajstić information content (AvgIpc) is 3.34. The first kappa shape index (κ1) is 27.6. The fourth-order valence-electron chi connectivity index (χ4n) is 5.45. The lowest BCUT2D eigenvalue weighted by atomic mass is 10.1. The van der Waals surface area contributed by atoms with Gasteiger partial charge in [-0.2, -0.15) is 4.31 Å². The molecule has 0 aromatic heterocycles. The van der Waals surface area contributed by atoms with Gasteiger partial charge in [-0.1, -0.05) is 18.6 Å². The molecule has 0 spiro atoms. The van der Waals surface area contributed by atoms with Crippen LogP contribution in [0.4, 0.5) is 5.69 Å². The number of hydrogen-bond acceptors (Lipinski definition) is 6. The van der Waals surface area contributed by atoms with Crippen LogP contribution in [0.5, 0.6) is 5.75 Å². The van der Waals surface area contributed by atoms with Gasteiger partial charge in [0.2, 0.25) is 15.9 Å². The summed E-state index contributed by atoms with van der Waals surface area (Å²) in [7, 11) is -2.13. The number of amides is 1. The monoisotopic (exact) mass is 529 g/mol. The Labute approximate surface area is 221 Å². The minimum Gasteiger partial charge on any atom is -0.497 e. The number of likely N-dealkylation sites (tertiary alicyclic amines) is 1. The van der Waals surface area contributed by atoms with Gasteiger partial charge in [0.1, 0.15) is 12.4 Å². The minimum absolute atomic E-state index is 0.124. The van der Waals surface area contributed by atoms with Crippen LogP contribution >= 0.6 is 0 Å². The van der Waals surface area contributed by atoms with E-state index in [0.29, 0.717) is 34.7 Å². The SMILES string of the molecule is COc1cc(C)c(S(=O)(=O)N2CCCC2COCC(=O)Nc2cccc(CN3CCCCC3)c2)c(C)c1. The molecule has 8 nitrogen and oxygen atoms in total. The minimum atomic E-state index is -3.70. The summed E-state index contributed by atoms with van der Waals surface area (Å²) in [4.78, 5) is 15.3. The number of ether oxygens (including phenoxy) is 2. The van der Waals surface area contributed by atoms with Crippen molar-refractivity contribution in [2.45, 2.75) is 63.4 Å². The predicted octanol–water partition coefficient (Wildman–Crippen LogP) is 4.11. The molecule has 0 saturated carbocycles. The molecule has 2 saturated heterocycles. The van der Waals surface area contributed by atoms with E-state index in [0.717, 1.165) is 31.7 Å². The highest BCUT2D eigenvalue weighted by Crippen LogP contribution is 2.32. The van der Waals surface area contributed by atoms with Crippen LogP contribution in [0.3, 0.4) is 0 Å². The van der Waals surface area contributed by atoms with Crippen molar-refractivity contribution in [3.63, 3.8) is 0 Å². The van der Waals surface area contributed by atoms with E-state index in [1.165, 1.54) is 29.1 Å². The molecule has 0 bridgehead atoms. The van der Waals surface area contributed by atoms with Gasteiger partial charge in [0.15, 0.2) is 0 Å². The predicted molar refractivity (Wildman–Crippen MR) is 144 cm³/mol. The zero-order chi connectivity index (χ0) is 26.4. The van der Waals surface area contributed by atoms with Crippen LogP contribution in [0.15, 0.2) is 41.3 Å². The number of anilines is 1. The standard InChI is InChI=1S/C28H39N3O5S/c1-21-15-26(35-3)16-22(2)28(21)37(33,34)31-14-8-11-25(31)19-36-20-27(32)29-24-10-7-9-23(17-24)18-30-12-5-4-6-13-30/h7,9-10,15-17,25H,4-6,8,11-14,18-20H2,1-3H3,(H,29,32). The molecule has 1 N–H and O–H groups in total. The van der Waals surface area contributed by atoms with Crippen LogP contribution in [-0.4, -0.2) is 69.5 Å². The van der Waals surface area contributed by atoms with Crippen LogP contribution in [0, 0.1) is 13.8 Å². The van der Waals surface area contributed by atoms with Crippen molar-refractivity contribution in [1.82, 2.24) is 9.21 Å². The second kappa shape index (κ2) is 12.4. The molecule has 2 fully saturated rings. The summed E-state index contributed by atoms with van der Waals surface area (Å²) in [5.41, 5.74) is 3.24. The Hall–Kier alpha value is -2.46. The summed E-state index contributed by atoms with van der Waals surface area (Å²) < 4.78 is 39.6. The van der Waals surface area contributed by atoms with E-state index in [9.17, 15) is 13.2 Å². The van der Waals surface area contributed by atoms with Gasteiger partial charge in [0, 0.05) is 24.8 Å². The van der Waals surface area contributed by atoms with Crippen LogP contribution < -0.4 is 10.1 Å². The van der Waals surface area contributed by atoms with E-state index >= 15 is 0 Å². The summed E-state index contributed by atoms with van der Waals surface area (Å²) in [6, 6.07) is 11.1. The lowest BCUT2D eigenvalue weighted by Crippen LogP contribution is -2.39. The number of nitrogens with one attached hydrogen (secondary N) is 1. The smallest absolute Gasteiger partial charge is 0.250 e. The fourth-order valence-corrected chi connectivity index (χ4v) is 7.55. The highest BCUT2D eigenvalue weighted by molar-refractivity contribution is 7.89. The molecule has 202 valence electrons. The molecule has 1 atom stereocenters. The number of benzene rings is 2. The summed E-state index contributed by atoms with van der Waals surface area (Å²) in [5.74, 6) is 0.391. The number of piperidine rings is 1. The molecule has 2 aliphatic heterocycles. The summed E-state index contributed by atoms with van der Waals surface area (Å²) in [5, 5.41) is 2.91. The topological polar surface area (TPSA) is 88.2 Å². The Morgan fingerprint density at radius 2 is 1.76 bits per heavy atom. The average molecular weight is 530 g/mol. The van der Waals surface area contributed by atoms with Gasteiger partial charge < -0.3 is 14.8 Å². The molecule has 9 heteroatoms. The normalized spacial score (nSPS) is 19.2. The maximum absolute atomic E-state index is 13.5. The molecule has 2 aliphatic rings. The second-order valence-corrected chi connectivity index (χ2v) is 11.9. The van der Waals surface area contributed by atoms with E-state index in [1.807, 2.05) is 18.2 Å². The van der Waals surface area contributed by atoms with Crippen molar-refractivity contribution in [2.75, 3.05) is 45.3 Å². The first-order valence-corrected chi connectivity index (χ1v) is 14.6. The molecule has 2 aromatic carbocycles. The number of sulfonamides is 1. The number of carbonyl (C=O) groups is 1. The van der Waals surface area contributed by atoms with Crippen LogP contribution in [0.1, 0.15) is 48.8 Å². The highest BCUT2D eigenvalue weighted by Gasteiger charge is 2.37. The Balaban J connectivity index is 1.31. The van der Waals surface area contributed by atoms with Crippen molar-refractivity contribution in [2.24, 2.45) is 0 Å². The lowest BCUT2D eigenvalue weighted by Gasteiger charge is -2.26. The van der Waals surface area contributed by atoms with E-state index in [2.05, 4.69) is 16.3 Å². The Morgan fingerprint density at radius 1 is 1.03 bits per heavy atom. The van der Waals surface area contributed by atoms with Crippen molar-refractivity contribution < 1.29 is 22.7 Å². The Bertz CT molecular complexity index is 1170. The maximum atomic E-state index is 13.5. The Morgan fingerprint density at radius 3 is 2.46 bits per heavy atom. The summed E-state index contributed by atoms with van der Waals surface area (Å²) in [6.07, 6.45) is 5.25. The third-order valence-electron chi connectivity index (χ3n) is 7.17. The van der Waals surface area contributed by atoms with Crippen LogP contribution in [-0.2, 0) is 26.1 Å². The van der Waals surface area contributed by atoms with Gasteiger partial charge in [0.25, 0.3) is 0 Å². The maximum Gasteiger partial charge on any atom is 0.250 e. The van der Waals surface area contributed by atoms with E-state index in [1.54, 1.807) is 33.1 Å². The van der Waals surface area contributed by atoms with E-state index in [-0.39, 0.29) is 25.2 Å². The molecule has 0 radical (unpaired) electrons. The third kappa shape index (κ3) is 6.90. The molecule has 37 heavy (non-hydrogen) atoms. The summed E-state index contributed by atoms with van der Waals surface area (Å²) >= 11 is 0. The van der Waals surface area contributed by atoms with Gasteiger partial charge in [-0.05, 0) is 93.6 Å². The first-order valence-electron chi connectivity index (χ1n) is 13.1. The third-order valence-corrected chi connectivity index (χ3v) is 9.43. The zero-order valence-corrected chi connectivity index (χ0v) is 23.0. The molecule has 2 aromatic rings. The Kier molecular flexibility index (Phi) is 9.23. The van der Waals surface area contributed by atoms with Crippen molar-refractivity contribution in [1.29, 1.82) is 0 Å². The number of carbonyl (C=O) groups excluding carboxylic acids is 1. The number of nitrogens with zero attached hydrogens (tertiary/aromatic N) is 2. The van der Waals surface area contributed by atoms with Crippen molar-refractivity contribution in [3.05, 3.63) is 53.1 Å². The molecule has 1 amide bonds. The van der Waals surface area contributed by atoms with E-state index < -0.39 is 10.0 Å². The molecule has 2 heterocycles. The molecule has 4 rings (SSSR count). The highest BCUT2D eigenvalue weighted by atomic mass is 32.2. The van der Waals surface area contributed by atoms with Gasteiger partial charge in [-0.3, -0.25) is 9.69 Å². The fraction of sp³-hybridized carbons (Fsp3) is 0.536.